The first-order chi connectivity index (χ1) is 8.61. The van der Waals surface area contributed by atoms with Gasteiger partial charge < -0.3 is 4.90 Å². The first kappa shape index (κ1) is 12.9. The minimum atomic E-state index is -0.00274. The fourth-order valence-electron chi connectivity index (χ4n) is 2.08. The van der Waals surface area contributed by atoms with Gasteiger partial charge in [0.2, 0.25) is 0 Å². The van der Waals surface area contributed by atoms with Crippen molar-refractivity contribution >= 4 is 17.5 Å². The van der Waals surface area contributed by atoms with E-state index in [1.807, 2.05) is 6.07 Å². The Morgan fingerprint density at radius 3 is 2.67 bits per heavy atom. The van der Waals surface area contributed by atoms with Crippen molar-refractivity contribution in [3.8, 4) is 6.07 Å². The molecule has 2 rings (SSSR count). The number of likely N-dealkylation sites (tertiary alicyclic amines) is 1. The Labute approximate surface area is 112 Å². The van der Waals surface area contributed by atoms with Crippen molar-refractivity contribution in [2.75, 3.05) is 13.1 Å². The lowest BCUT2D eigenvalue weighted by atomic mass is 9.98. The van der Waals surface area contributed by atoms with Crippen molar-refractivity contribution in [3.05, 3.63) is 35.4 Å². The number of benzene rings is 1. The molecule has 1 aliphatic heterocycles. The van der Waals surface area contributed by atoms with Crippen LogP contribution < -0.4 is 0 Å². The highest BCUT2D eigenvalue weighted by molar-refractivity contribution is 6.21. The topological polar surface area (TPSA) is 44.1 Å². The maximum atomic E-state index is 12.2. The molecule has 1 aliphatic rings. The molecule has 1 heterocycles. The summed E-state index contributed by atoms with van der Waals surface area (Å²) in [5.41, 5.74) is 1.18. The molecule has 0 aliphatic carbocycles. The Bertz CT molecular complexity index is 478. The lowest BCUT2D eigenvalue weighted by molar-refractivity contribution is 0.0701. The average molecular weight is 263 g/mol. The van der Waals surface area contributed by atoms with Crippen molar-refractivity contribution in [2.24, 2.45) is 5.92 Å². The van der Waals surface area contributed by atoms with Crippen LogP contribution in [0.5, 0.6) is 0 Å². The monoisotopic (exact) mass is 262 g/mol. The van der Waals surface area contributed by atoms with E-state index in [4.69, 9.17) is 16.9 Å². The standard InChI is InChI=1S/C14H15ClN2O/c1-10-6-7-17(9-13(10)15)14(18)12-4-2-11(8-16)3-5-12/h2-5,10,13H,6-7,9H2,1H3. The molecule has 0 bridgehead atoms. The molecule has 0 N–H and O–H groups in total. The molecular formula is C14H15ClN2O. The number of halogens is 1. The SMILES string of the molecule is CC1CCN(C(=O)c2ccc(C#N)cc2)CC1Cl. The summed E-state index contributed by atoms with van der Waals surface area (Å²) in [6, 6.07) is 8.76. The minimum Gasteiger partial charge on any atom is -0.337 e. The summed E-state index contributed by atoms with van der Waals surface area (Å²) in [6.45, 7) is 3.46. The lowest BCUT2D eigenvalue weighted by Gasteiger charge is -2.34. The highest BCUT2D eigenvalue weighted by Gasteiger charge is 2.27. The van der Waals surface area contributed by atoms with E-state index in [1.165, 1.54) is 0 Å². The van der Waals surface area contributed by atoms with Crippen molar-refractivity contribution in [3.63, 3.8) is 0 Å². The maximum Gasteiger partial charge on any atom is 0.253 e. The molecule has 1 fully saturated rings. The largest absolute Gasteiger partial charge is 0.337 e. The van der Waals surface area contributed by atoms with Crippen LogP contribution in [0.25, 0.3) is 0 Å². The number of alkyl halides is 1. The van der Waals surface area contributed by atoms with E-state index in [2.05, 4.69) is 6.92 Å². The zero-order chi connectivity index (χ0) is 13.1. The Morgan fingerprint density at radius 1 is 1.44 bits per heavy atom. The minimum absolute atomic E-state index is 0.00274. The number of carbonyl (C=O) groups is 1. The quantitative estimate of drug-likeness (QED) is 0.731. The zero-order valence-corrected chi connectivity index (χ0v) is 11.0. The number of amides is 1. The van der Waals surface area contributed by atoms with Crippen LogP contribution in [0.15, 0.2) is 24.3 Å². The molecule has 0 aromatic heterocycles. The number of piperidine rings is 1. The first-order valence-electron chi connectivity index (χ1n) is 6.05. The number of rotatable bonds is 1. The predicted octanol–water partition coefficient (Wildman–Crippen LogP) is 2.65. The van der Waals surface area contributed by atoms with E-state index in [1.54, 1.807) is 29.2 Å². The second kappa shape index (κ2) is 5.41. The van der Waals surface area contributed by atoms with Crippen molar-refractivity contribution < 1.29 is 4.79 Å². The summed E-state index contributed by atoms with van der Waals surface area (Å²) >= 11 is 6.20. The van der Waals surface area contributed by atoms with Crippen LogP contribution in [0.1, 0.15) is 29.3 Å². The van der Waals surface area contributed by atoms with E-state index in [9.17, 15) is 4.79 Å². The summed E-state index contributed by atoms with van der Waals surface area (Å²) in [4.78, 5) is 14.0. The Balaban J connectivity index is 2.09. The Kier molecular flexibility index (Phi) is 3.88. The highest BCUT2D eigenvalue weighted by atomic mass is 35.5. The van der Waals surface area contributed by atoms with Crippen LogP contribution in [0.4, 0.5) is 0 Å². The van der Waals surface area contributed by atoms with Crippen LogP contribution in [0.3, 0.4) is 0 Å². The van der Waals surface area contributed by atoms with Crippen LogP contribution >= 0.6 is 11.6 Å². The third-order valence-corrected chi connectivity index (χ3v) is 3.98. The number of nitrogens with zero attached hydrogens (tertiary/aromatic N) is 2. The molecule has 18 heavy (non-hydrogen) atoms. The highest BCUT2D eigenvalue weighted by Crippen LogP contribution is 2.23. The van der Waals surface area contributed by atoms with Crippen LogP contribution in [0.2, 0.25) is 0 Å². The molecule has 0 radical (unpaired) electrons. The summed E-state index contributed by atoms with van der Waals surface area (Å²) in [6.07, 6.45) is 0.941. The van der Waals surface area contributed by atoms with Gasteiger partial charge >= 0.3 is 0 Å². The number of nitriles is 1. The number of carbonyl (C=O) groups excluding carboxylic acids is 1. The van der Waals surface area contributed by atoms with E-state index >= 15 is 0 Å². The first-order valence-corrected chi connectivity index (χ1v) is 6.49. The van der Waals surface area contributed by atoms with Gasteiger partial charge in [0.05, 0.1) is 17.0 Å². The van der Waals surface area contributed by atoms with Crippen LogP contribution in [-0.2, 0) is 0 Å². The van der Waals surface area contributed by atoms with Gasteiger partial charge in [0.25, 0.3) is 5.91 Å². The van der Waals surface area contributed by atoms with Gasteiger partial charge in [0, 0.05) is 18.7 Å². The second-order valence-corrected chi connectivity index (χ2v) is 5.28. The lowest BCUT2D eigenvalue weighted by Crippen LogP contribution is -2.43. The van der Waals surface area contributed by atoms with Gasteiger partial charge in [0.1, 0.15) is 0 Å². The molecule has 1 aromatic rings. The number of hydrogen-bond acceptors (Lipinski definition) is 2. The van der Waals surface area contributed by atoms with E-state index < -0.39 is 0 Å². The Hall–Kier alpha value is -1.53. The van der Waals surface area contributed by atoms with Gasteiger partial charge in [-0.1, -0.05) is 6.92 Å². The fraction of sp³-hybridized carbons (Fsp3) is 0.429. The summed E-state index contributed by atoms with van der Waals surface area (Å²) in [5, 5.41) is 8.75. The molecule has 1 amide bonds. The van der Waals surface area contributed by atoms with E-state index in [0.29, 0.717) is 23.6 Å². The average Bonchev–Trinajstić information content (AvgIpc) is 2.41. The normalized spacial score (nSPS) is 23.5. The smallest absolute Gasteiger partial charge is 0.253 e. The maximum absolute atomic E-state index is 12.2. The van der Waals surface area contributed by atoms with Gasteiger partial charge in [-0.05, 0) is 36.6 Å². The van der Waals surface area contributed by atoms with Gasteiger partial charge in [0.15, 0.2) is 0 Å². The number of hydrogen-bond donors (Lipinski definition) is 0. The van der Waals surface area contributed by atoms with Crippen molar-refractivity contribution in [2.45, 2.75) is 18.7 Å². The van der Waals surface area contributed by atoms with Crippen LogP contribution in [-0.4, -0.2) is 29.3 Å². The molecular weight excluding hydrogens is 248 g/mol. The third kappa shape index (κ3) is 2.65. The summed E-state index contributed by atoms with van der Waals surface area (Å²) < 4.78 is 0. The Morgan fingerprint density at radius 2 is 2.11 bits per heavy atom. The van der Waals surface area contributed by atoms with Gasteiger partial charge in [-0.25, -0.2) is 0 Å². The van der Waals surface area contributed by atoms with Crippen molar-refractivity contribution in [1.29, 1.82) is 5.26 Å². The fourth-order valence-corrected chi connectivity index (χ4v) is 2.37. The molecule has 4 heteroatoms. The summed E-state index contributed by atoms with van der Waals surface area (Å²) in [7, 11) is 0. The zero-order valence-electron chi connectivity index (χ0n) is 10.3. The molecule has 0 saturated carbocycles. The predicted molar refractivity (Wildman–Crippen MR) is 70.5 cm³/mol. The van der Waals surface area contributed by atoms with Crippen molar-refractivity contribution in [1.82, 2.24) is 4.90 Å². The summed E-state index contributed by atoms with van der Waals surface area (Å²) in [5.74, 6) is 0.453. The van der Waals surface area contributed by atoms with Gasteiger partial charge in [-0.2, -0.15) is 5.26 Å². The molecule has 94 valence electrons. The van der Waals surface area contributed by atoms with E-state index in [-0.39, 0.29) is 11.3 Å². The molecule has 1 saturated heterocycles. The molecule has 1 aromatic carbocycles. The van der Waals surface area contributed by atoms with Gasteiger partial charge in [-0.3, -0.25) is 4.79 Å². The molecule has 3 nitrogen and oxygen atoms in total. The molecule has 2 atom stereocenters. The molecule has 0 spiro atoms. The van der Waals surface area contributed by atoms with E-state index in [0.717, 1.165) is 13.0 Å². The van der Waals surface area contributed by atoms with Crippen LogP contribution in [0, 0.1) is 17.2 Å². The molecule has 2 unspecified atom stereocenters. The van der Waals surface area contributed by atoms with Gasteiger partial charge in [-0.15, -0.1) is 11.6 Å². The second-order valence-electron chi connectivity index (χ2n) is 4.72. The third-order valence-electron chi connectivity index (χ3n) is 3.41.